The molecule has 1 aromatic carbocycles. The van der Waals surface area contributed by atoms with E-state index in [1.54, 1.807) is 0 Å². The number of ether oxygens (including phenoxy) is 1. The van der Waals surface area contributed by atoms with Gasteiger partial charge in [0.05, 0.1) is 5.41 Å². The smallest absolute Gasteiger partial charge is 0.146 e. The van der Waals surface area contributed by atoms with Crippen molar-refractivity contribution in [2.75, 3.05) is 0 Å². The predicted molar refractivity (Wildman–Crippen MR) is 80.2 cm³/mol. The van der Waals surface area contributed by atoms with Crippen LogP contribution in [-0.4, -0.2) is 11.9 Å². The second kappa shape index (κ2) is 4.91. The minimum absolute atomic E-state index is 0.113. The molecule has 2 aliphatic carbocycles. The van der Waals surface area contributed by atoms with Crippen molar-refractivity contribution >= 4 is 5.78 Å². The van der Waals surface area contributed by atoms with Gasteiger partial charge < -0.3 is 4.74 Å². The lowest BCUT2D eigenvalue weighted by Crippen LogP contribution is -2.55. The van der Waals surface area contributed by atoms with E-state index in [1.165, 1.54) is 24.0 Å². The molecule has 2 heteroatoms. The number of hydrogen-bond donors (Lipinski definition) is 0. The molecule has 0 N–H and O–H groups in total. The third kappa shape index (κ3) is 2.06. The van der Waals surface area contributed by atoms with Crippen LogP contribution in [0.2, 0.25) is 0 Å². The van der Waals surface area contributed by atoms with Crippen LogP contribution in [0.4, 0.5) is 0 Å². The van der Waals surface area contributed by atoms with E-state index >= 15 is 0 Å². The molecule has 2 fully saturated rings. The number of rotatable bonds is 3. The van der Waals surface area contributed by atoms with Gasteiger partial charge in [-0.1, -0.05) is 32.8 Å². The molecule has 2 aliphatic rings. The molecular weight excluding hydrogens is 248 g/mol. The molecule has 1 atom stereocenters. The number of carbonyl (C=O) groups excluding carboxylic acids is 1. The first-order valence-corrected chi connectivity index (χ1v) is 7.83. The molecule has 0 aliphatic heterocycles. The Labute approximate surface area is 121 Å². The van der Waals surface area contributed by atoms with Gasteiger partial charge in [0.2, 0.25) is 0 Å². The minimum Gasteiger partial charge on any atom is -0.489 e. The van der Waals surface area contributed by atoms with Gasteiger partial charge in [0.15, 0.2) is 0 Å². The van der Waals surface area contributed by atoms with Gasteiger partial charge in [0, 0.05) is 6.42 Å². The lowest BCUT2D eigenvalue weighted by atomic mass is 9.63. The summed E-state index contributed by atoms with van der Waals surface area (Å²) in [7, 11) is 0. The van der Waals surface area contributed by atoms with Crippen LogP contribution >= 0.6 is 0 Å². The van der Waals surface area contributed by atoms with Crippen LogP contribution in [0.5, 0.6) is 5.75 Å². The van der Waals surface area contributed by atoms with Crippen LogP contribution in [0.25, 0.3) is 0 Å². The SMILES string of the molecule is Cc1cc(OC2CC(=O)C23CCCC3)ccc1C(C)C. The zero-order valence-corrected chi connectivity index (χ0v) is 12.7. The first-order chi connectivity index (χ1) is 9.53. The molecule has 0 bridgehead atoms. The number of aryl methyl sites for hydroxylation is 1. The van der Waals surface area contributed by atoms with Gasteiger partial charge in [-0.2, -0.15) is 0 Å². The zero-order chi connectivity index (χ0) is 14.3. The van der Waals surface area contributed by atoms with Crippen LogP contribution in [0.3, 0.4) is 0 Å². The molecule has 1 unspecified atom stereocenters. The number of Topliss-reactive ketones (excluding diaryl/α,β-unsaturated/α-hetero) is 1. The van der Waals surface area contributed by atoms with Crippen molar-refractivity contribution in [1.82, 2.24) is 0 Å². The molecule has 1 spiro atoms. The second-order valence-electron chi connectivity index (χ2n) is 6.77. The molecule has 0 amide bonds. The van der Waals surface area contributed by atoms with E-state index in [1.807, 2.05) is 0 Å². The largest absolute Gasteiger partial charge is 0.489 e. The maximum absolute atomic E-state index is 12.0. The average molecular weight is 272 g/mol. The molecule has 1 aromatic rings. The van der Waals surface area contributed by atoms with Crippen molar-refractivity contribution in [3.63, 3.8) is 0 Å². The van der Waals surface area contributed by atoms with Crippen LogP contribution in [0.15, 0.2) is 18.2 Å². The Kier molecular flexibility index (Phi) is 3.35. The molecule has 108 valence electrons. The number of carbonyl (C=O) groups is 1. The summed E-state index contributed by atoms with van der Waals surface area (Å²) in [5.41, 5.74) is 2.52. The van der Waals surface area contributed by atoms with Crippen LogP contribution in [0, 0.1) is 12.3 Å². The summed E-state index contributed by atoms with van der Waals surface area (Å²) in [5.74, 6) is 1.89. The van der Waals surface area contributed by atoms with Gasteiger partial charge in [-0.3, -0.25) is 4.79 Å². The average Bonchev–Trinajstić information content (AvgIpc) is 2.90. The Morgan fingerprint density at radius 3 is 2.50 bits per heavy atom. The number of hydrogen-bond acceptors (Lipinski definition) is 2. The lowest BCUT2D eigenvalue weighted by Gasteiger charge is -2.44. The topological polar surface area (TPSA) is 26.3 Å². The molecule has 0 radical (unpaired) electrons. The highest BCUT2D eigenvalue weighted by Crippen LogP contribution is 2.52. The van der Waals surface area contributed by atoms with Gasteiger partial charge in [-0.05, 0) is 48.9 Å². The Balaban J connectivity index is 1.76. The molecule has 2 saturated carbocycles. The molecule has 0 saturated heterocycles. The van der Waals surface area contributed by atoms with Crippen LogP contribution in [-0.2, 0) is 4.79 Å². The van der Waals surface area contributed by atoms with Crippen molar-refractivity contribution in [2.24, 2.45) is 5.41 Å². The highest BCUT2D eigenvalue weighted by Gasteiger charge is 2.57. The fraction of sp³-hybridized carbons (Fsp3) is 0.611. The van der Waals surface area contributed by atoms with E-state index in [2.05, 4.69) is 39.0 Å². The normalized spacial score (nSPS) is 24.2. The van der Waals surface area contributed by atoms with Crippen molar-refractivity contribution < 1.29 is 9.53 Å². The molecule has 3 rings (SSSR count). The third-order valence-corrected chi connectivity index (χ3v) is 5.18. The summed E-state index contributed by atoms with van der Waals surface area (Å²) in [5, 5.41) is 0. The third-order valence-electron chi connectivity index (χ3n) is 5.18. The summed E-state index contributed by atoms with van der Waals surface area (Å²) in [6, 6.07) is 6.35. The Bertz CT molecular complexity index is 524. The van der Waals surface area contributed by atoms with Crippen molar-refractivity contribution in [3.8, 4) is 5.75 Å². The quantitative estimate of drug-likeness (QED) is 0.815. The fourth-order valence-corrected chi connectivity index (χ4v) is 3.91. The van der Waals surface area contributed by atoms with Gasteiger partial charge in [0.1, 0.15) is 17.6 Å². The van der Waals surface area contributed by atoms with Crippen molar-refractivity contribution in [1.29, 1.82) is 0 Å². The van der Waals surface area contributed by atoms with E-state index < -0.39 is 0 Å². The summed E-state index contributed by atoms with van der Waals surface area (Å²) in [6.45, 7) is 6.56. The zero-order valence-electron chi connectivity index (χ0n) is 12.7. The Hall–Kier alpha value is -1.31. The Morgan fingerprint density at radius 1 is 1.25 bits per heavy atom. The summed E-state index contributed by atoms with van der Waals surface area (Å²) < 4.78 is 6.15. The lowest BCUT2D eigenvalue weighted by molar-refractivity contribution is -0.151. The highest BCUT2D eigenvalue weighted by molar-refractivity contribution is 5.92. The Morgan fingerprint density at radius 2 is 1.95 bits per heavy atom. The molecule has 2 nitrogen and oxygen atoms in total. The molecule has 0 aromatic heterocycles. The van der Waals surface area contributed by atoms with Crippen LogP contribution in [0.1, 0.15) is 63.0 Å². The van der Waals surface area contributed by atoms with E-state index in [0.29, 0.717) is 18.1 Å². The maximum Gasteiger partial charge on any atom is 0.146 e. The highest BCUT2D eigenvalue weighted by atomic mass is 16.5. The van der Waals surface area contributed by atoms with Gasteiger partial charge in [-0.15, -0.1) is 0 Å². The second-order valence-corrected chi connectivity index (χ2v) is 6.77. The monoisotopic (exact) mass is 272 g/mol. The predicted octanol–water partition coefficient (Wildman–Crippen LogP) is 4.40. The van der Waals surface area contributed by atoms with Crippen molar-refractivity contribution in [2.45, 2.75) is 64.9 Å². The first-order valence-electron chi connectivity index (χ1n) is 7.83. The minimum atomic E-state index is -0.134. The molecular formula is C18H24O2. The molecule has 0 heterocycles. The maximum atomic E-state index is 12.0. The van der Waals surface area contributed by atoms with Crippen LogP contribution < -0.4 is 4.74 Å². The van der Waals surface area contributed by atoms with E-state index in [-0.39, 0.29) is 11.5 Å². The van der Waals surface area contributed by atoms with Gasteiger partial charge >= 0.3 is 0 Å². The van der Waals surface area contributed by atoms with Crippen molar-refractivity contribution in [3.05, 3.63) is 29.3 Å². The van der Waals surface area contributed by atoms with Gasteiger partial charge in [0.25, 0.3) is 0 Å². The fourth-order valence-electron chi connectivity index (χ4n) is 3.91. The summed E-state index contributed by atoms with van der Waals surface area (Å²) >= 11 is 0. The number of benzene rings is 1. The first kappa shape index (κ1) is 13.7. The molecule has 20 heavy (non-hydrogen) atoms. The number of ketones is 1. The van der Waals surface area contributed by atoms with E-state index in [0.717, 1.165) is 18.6 Å². The summed E-state index contributed by atoms with van der Waals surface area (Å²) in [6.07, 6.45) is 5.12. The summed E-state index contributed by atoms with van der Waals surface area (Å²) in [4.78, 5) is 12.0. The van der Waals surface area contributed by atoms with E-state index in [9.17, 15) is 4.79 Å². The standard InChI is InChI=1S/C18H24O2/c1-12(2)15-7-6-14(10-13(15)3)20-17-11-16(19)18(17)8-4-5-9-18/h6-7,10,12,17H,4-5,8-9,11H2,1-3H3. The van der Waals surface area contributed by atoms with E-state index in [4.69, 9.17) is 4.74 Å². The van der Waals surface area contributed by atoms with Gasteiger partial charge in [-0.25, -0.2) is 0 Å².